The summed E-state index contributed by atoms with van der Waals surface area (Å²) in [5.74, 6) is 4.91. The lowest BCUT2D eigenvalue weighted by molar-refractivity contribution is -0.151. The zero-order chi connectivity index (χ0) is 19.4. The highest BCUT2D eigenvalue weighted by atomic mass is 16.7. The number of likely N-dealkylation sites (tertiary alicyclic amines) is 1. The van der Waals surface area contributed by atoms with Crippen LogP contribution in [0.5, 0.6) is 0 Å². The van der Waals surface area contributed by atoms with Gasteiger partial charge in [0.05, 0.1) is 5.54 Å². The van der Waals surface area contributed by atoms with Crippen LogP contribution in [0.15, 0.2) is 91.0 Å². The third-order valence-corrected chi connectivity index (χ3v) is 5.65. The Bertz CT molecular complexity index is 816. The minimum atomic E-state index is -0.612. The maximum Gasteiger partial charge on any atom is 0.341 e. The summed E-state index contributed by atoms with van der Waals surface area (Å²) in [5.41, 5.74) is 2.73. The topological polar surface area (TPSA) is 55.6 Å². The van der Waals surface area contributed by atoms with Gasteiger partial charge in [0.15, 0.2) is 0 Å². The summed E-state index contributed by atoms with van der Waals surface area (Å²) in [7, 11) is 0. The van der Waals surface area contributed by atoms with Gasteiger partial charge in [0.2, 0.25) is 0 Å². The number of nitrogens with two attached hydrogens (primary N) is 1. The molecule has 0 aliphatic carbocycles. The Morgan fingerprint density at radius 1 is 0.821 bits per heavy atom. The molecule has 28 heavy (non-hydrogen) atoms. The number of hydrogen-bond acceptors (Lipinski definition) is 4. The lowest BCUT2D eigenvalue weighted by Gasteiger charge is -2.45. The van der Waals surface area contributed by atoms with Gasteiger partial charge in [-0.05, 0) is 29.5 Å². The van der Waals surface area contributed by atoms with Crippen LogP contribution in [0.3, 0.4) is 0 Å². The molecule has 1 heterocycles. The van der Waals surface area contributed by atoms with E-state index in [4.69, 9.17) is 5.90 Å². The molecule has 0 bridgehead atoms. The Hall–Kier alpha value is -2.95. The van der Waals surface area contributed by atoms with Crippen molar-refractivity contribution in [1.29, 1.82) is 0 Å². The van der Waals surface area contributed by atoms with Crippen LogP contribution in [0.2, 0.25) is 0 Å². The Labute approximate surface area is 165 Å². The average molecular weight is 372 g/mol. The lowest BCUT2D eigenvalue weighted by Crippen LogP contribution is -2.53. The van der Waals surface area contributed by atoms with Crippen LogP contribution in [-0.2, 0) is 15.2 Å². The van der Waals surface area contributed by atoms with Gasteiger partial charge in [-0.15, -0.1) is 0 Å². The summed E-state index contributed by atoms with van der Waals surface area (Å²) in [6.07, 6.45) is 1.64. The summed E-state index contributed by atoms with van der Waals surface area (Å²) in [4.78, 5) is 19.5. The average Bonchev–Trinajstić information content (AvgIpc) is 3.26. The third kappa shape index (κ3) is 3.01. The highest BCUT2D eigenvalue weighted by molar-refractivity contribution is 5.76. The minimum absolute atomic E-state index is 0.385. The molecule has 3 aromatic rings. The van der Waals surface area contributed by atoms with Gasteiger partial charge in [0, 0.05) is 6.54 Å². The van der Waals surface area contributed by atoms with Crippen LogP contribution in [-0.4, -0.2) is 23.5 Å². The summed E-state index contributed by atoms with van der Waals surface area (Å²) in [5, 5.41) is 0. The molecule has 0 saturated carbocycles. The Morgan fingerprint density at radius 3 is 1.64 bits per heavy atom. The van der Waals surface area contributed by atoms with Gasteiger partial charge in [-0.25, -0.2) is 4.79 Å². The minimum Gasteiger partial charge on any atom is -0.372 e. The normalized spacial score (nSPS) is 17.4. The first-order chi connectivity index (χ1) is 13.8. The van der Waals surface area contributed by atoms with Crippen molar-refractivity contribution in [1.82, 2.24) is 4.90 Å². The molecule has 1 aliphatic heterocycles. The first kappa shape index (κ1) is 18.4. The monoisotopic (exact) mass is 372 g/mol. The van der Waals surface area contributed by atoms with Crippen LogP contribution in [0.25, 0.3) is 0 Å². The van der Waals surface area contributed by atoms with Crippen LogP contribution in [0, 0.1) is 0 Å². The molecule has 0 unspecified atom stereocenters. The van der Waals surface area contributed by atoms with E-state index in [-0.39, 0.29) is 5.97 Å². The van der Waals surface area contributed by atoms with Crippen LogP contribution in [0.1, 0.15) is 29.5 Å². The van der Waals surface area contributed by atoms with Crippen molar-refractivity contribution >= 4 is 5.97 Å². The molecule has 1 aliphatic rings. The predicted molar refractivity (Wildman–Crippen MR) is 109 cm³/mol. The molecule has 2 N–H and O–H groups in total. The van der Waals surface area contributed by atoms with E-state index in [1.54, 1.807) is 0 Å². The molecule has 4 nitrogen and oxygen atoms in total. The molecule has 0 aromatic heterocycles. The van der Waals surface area contributed by atoms with E-state index in [2.05, 4.69) is 46.1 Å². The van der Waals surface area contributed by atoms with Crippen molar-refractivity contribution in [3.05, 3.63) is 108 Å². The summed E-state index contributed by atoms with van der Waals surface area (Å²) < 4.78 is 0. The van der Waals surface area contributed by atoms with Gasteiger partial charge in [-0.2, -0.15) is 5.90 Å². The zero-order valence-electron chi connectivity index (χ0n) is 15.7. The number of nitrogens with zero attached hydrogens (tertiary/aromatic N) is 1. The van der Waals surface area contributed by atoms with Crippen LogP contribution >= 0.6 is 0 Å². The van der Waals surface area contributed by atoms with E-state index in [1.165, 1.54) is 0 Å². The standard InChI is InChI=1S/C24H24N2O2/c25-28-23(27)22-17-10-18-26(22)24(19-11-4-1-5-12-19,20-13-6-2-7-14-20)21-15-8-3-9-16-21/h1-9,11-16,22H,10,17-18,25H2/t22-/m0/s1. The highest BCUT2D eigenvalue weighted by Gasteiger charge is 2.49. The first-order valence-electron chi connectivity index (χ1n) is 9.62. The summed E-state index contributed by atoms with van der Waals surface area (Å²) in [6.45, 7) is 0.776. The lowest BCUT2D eigenvalue weighted by atomic mass is 9.75. The van der Waals surface area contributed by atoms with E-state index in [9.17, 15) is 4.79 Å². The van der Waals surface area contributed by atoms with Gasteiger partial charge >= 0.3 is 5.97 Å². The Kier molecular flexibility index (Phi) is 5.24. The second-order valence-corrected chi connectivity index (χ2v) is 7.10. The van der Waals surface area contributed by atoms with Gasteiger partial charge in [-0.3, -0.25) is 4.90 Å². The van der Waals surface area contributed by atoms with E-state index in [0.29, 0.717) is 0 Å². The van der Waals surface area contributed by atoms with Gasteiger partial charge in [-0.1, -0.05) is 91.0 Å². The SMILES string of the molecule is NOC(=O)[C@@H]1CCCN1C(c1ccccc1)(c1ccccc1)c1ccccc1. The quantitative estimate of drug-likeness (QED) is 0.546. The van der Waals surface area contributed by atoms with Crippen LogP contribution < -0.4 is 5.90 Å². The molecular weight excluding hydrogens is 348 g/mol. The number of carbonyl (C=O) groups excluding carboxylic acids is 1. The van der Waals surface area contributed by atoms with E-state index >= 15 is 0 Å². The van der Waals surface area contributed by atoms with Gasteiger partial charge in [0.1, 0.15) is 6.04 Å². The second-order valence-electron chi connectivity index (χ2n) is 7.10. The van der Waals surface area contributed by atoms with Crippen LogP contribution in [0.4, 0.5) is 0 Å². The molecule has 1 atom stereocenters. The fourth-order valence-corrected chi connectivity index (χ4v) is 4.53. The van der Waals surface area contributed by atoms with Crippen molar-refractivity contribution in [3.8, 4) is 0 Å². The fraction of sp³-hybridized carbons (Fsp3) is 0.208. The summed E-state index contributed by atoms with van der Waals surface area (Å²) in [6, 6.07) is 30.7. The summed E-state index contributed by atoms with van der Waals surface area (Å²) >= 11 is 0. The predicted octanol–water partition coefficient (Wildman–Crippen LogP) is 3.86. The molecule has 4 heteroatoms. The number of rotatable bonds is 5. The van der Waals surface area contributed by atoms with Crippen molar-refractivity contribution in [2.75, 3.05) is 6.54 Å². The van der Waals surface area contributed by atoms with E-state index in [1.807, 2.05) is 54.6 Å². The smallest absolute Gasteiger partial charge is 0.341 e. The number of hydrogen-bond donors (Lipinski definition) is 1. The molecular formula is C24H24N2O2. The fourth-order valence-electron chi connectivity index (χ4n) is 4.53. The highest BCUT2D eigenvalue weighted by Crippen LogP contribution is 2.45. The van der Waals surface area contributed by atoms with Crippen molar-refractivity contribution < 1.29 is 9.63 Å². The maximum atomic E-state index is 12.6. The molecule has 0 radical (unpaired) electrons. The van der Waals surface area contributed by atoms with Crippen molar-refractivity contribution in [3.63, 3.8) is 0 Å². The van der Waals surface area contributed by atoms with Gasteiger partial charge < -0.3 is 4.84 Å². The van der Waals surface area contributed by atoms with Gasteiger partial charge in [0.25, 0.3) is 0 Å². The largest absolute Gasteiger partial charge is 0.372 e. The number of benzene rings is 3. The Balaban J connectivity index is 2.03. The molecule has 142 valence electrons. The molecule has 0 amide bonds. The first-order valence-corrected chi connectivity index (χ1v) is 9.62. The molecule has 1 saturated heterocycles. The van der Waals surface area contributed by atoms with E-state index < -0.39 is 11.6 Å². The van der Waals surface area contributed by atoms with Crippen molar-refractivity contribution in [2.45, 2.75) is 24.4 Å². The van der Waals surface area contributed by atoms with E-state index in [0.717, 1.165) is 36.1 Å². The number of carbonyl (C=O) groups is 1. The molecule has 4 rings (SSSR count). The molecule has 3 aromatic carbocycles. The third-order valence-electron chi connectivity index (χ3n) is 5.65. The van der Waals surface area contributed by atoms with Crippen molar-refractivity contribution in [2.24, 2.45) is 5.90 Å². The second kappa shape index (κ2) is 7.97. The maximum absolute atomic E-state index is 12.6. The Morgan fingerprint density at radius 2 is 1.25 bits per heavy atom. The molecule has 1 fully saturated rings. The molecule has 0 spiro atoms. The zero-order valence-corrected chi connectivity index (χ0v) is 15.7.